The van der Waals surface area contributed by atoms with Crippen LogP contribution in [0.2, 0.25) is 0 Å². The molecule has 0 aliphatic carbocycles. The lowest BCUT2D eigenvalue weighted by molar-refractivity contribution is 0.0795. The number of hydrogen-bond acceptors (Lipinski definition) is 1. The molecule has 1 radical (unpaired) electrons. The van der Waals surface area contributed by atoms with Crippen molar-refractivity contribution in [2.45, 2.75) is 97.8 Å². The third kappa shape index (κ3) is 18.0. The van der Waals surface area contributed by atoms with Crippen molar-refractivity contribution >= 4 is 0 Å². The summed E-state index contributed by atoms with van der Waals surface area (Å²) in [6, 6.07) is 0. The number of ether oxygens (including phenoxy) is 1. The van der Waals surface area contributed by atoms with Gasteiger partial charge in [0.1, 0.15) is 0 Å². The average molecular weight is 284 g/mol. The van der Waals surface area contributed by atoms with Gasteiger partial charge in [-0.1, -0.05) is 91.4 Å². The highest BCUT2D eigenvalue weighted by molar-refractivity contribution is 4.69. The summed E-state index contributed by atoms with van der Waals surface area (Å²) in [6.07, 6.45) is 16.8. The van der Waals surface area contributed by atoms with E-state index < -0.39 is 0 Å². The smallest absolute Gasteiger partial charge is 0.0517 e. The zero-order valence-electron chi connectivity index (χ0n) is 14.5. The van der Waals surface area contributed by atoms with Crippen molar-refractivity contribution in [3.05, 3.63) is 6.92 Å². The van der Waals surface area contributed by atoms with Crippen molar-refractivity contribution in [1.82, 2.24) is 0 Å². The second kappa shape index (κ2) is 13.9. The summed E-state index contributed by atoms with van der Waals surface area (Å²) < 4.78 is 5.63. The molecule has 1 nitrogen and oxygen atoms in total. The normalized spacial score (nSPS) is 12.0. The van der Waals surface area contributed by atoms with Gasteiger partial charge in [0, 0.05) is 6.61 Å². The molecule has 1 heteroatoms. The molecule has 0 saturated heterocycles. The third-order valence-electron chi connectivity index (χ3n) is 3.64. The van der Waals surface area contributed by atoms with Gasteiger partial charge >= 0.3 is 0 Å². The van der Waals surface area contributed by atoms with Crippen LogP contribution in [0.1, 0.15) is 97.8 Å². The maximum absolute atomic E-state index is 5.63. The van der Waals surface area contributed by atoms with Crippen LogP contribution < -0.4 is 0 Å². The first-order valence-electron chi connectivity index (χ1n) is 8.99. The van der Waals surface area contributed by atoms with Crippen LogP contribution in [0.5, 0.6) is 0 Å². The summed E-state index contributed by atoms with van der Waals surface area (Å²) in [5.41, 5.74) is 0.0666. The van der Waals surface area contributed by atoms with Gasteiger partial charge in [0.2, 0.25) is 0 Å². The maximum atomic E-state index is 5.63. The first kappa shape index (κ1) is 20.0. The molecule has 0 aromatic rings. The van der Waals surface area contributed by atoms with E-state index in [1.807, 2.05) is 0 Å². The van der Waals surface area contributed by atoms with Gasteiger partial charge in [-0.05, 0) is 18.8 Å². The summed E-state index contributed by atoms with van der Waals surface area (Å²) in [5, 5.41) is 0. The molecule has 0 aromatic heterocycles. The lowest BCUT2D eigenvalue weighted by Crippen LogP contribution is -2.15. The second-order valence-corrected chi connectivity index (χ2v) is 7.11. The second-order valence-electron chi connectivity index (χ2n) is 7.11. The number of unbranched alkanes of at least 4 members (excludes halogenated alkanes) is 11. The van der Waals surface area contributed by atoms with Gasteiger partial charge in [-0.2, -0.15) is 0 Å². The summed E-state index contributed by atoms with van der Waals surface area (Å²) in [6.45, 7) is 12.3. The molecule has 0 aromatic carbocycles. The first-order valence-corrected chi connectivity index (χ1v) is 8.99. The third-order valence-corrected chi connectivity index (χ3v) is 3.64. The Bertz CT molecular complexity index is 181. The monoisotopic (exact) mass is 283 g/mol. The molecule has 20 heavy (non-hydrogen) atoms. The van der Waals surface area contributed by atoms with Crippen LogP contribution in [0, 0.1) is 12.3 Å². The van der Waals surface area contributed by atoms with Crippen molar-refractivity contribution in [3.63, 3.8) is 0 Å². The minimum absolute atomic E-state index is 0.0666. The van der Waals surface area contributed by atoms with Crippen LogP contribution in [0.25, 0.3) is 0 Å². The van der Waals surface area contributed by atoms with Gasteiger partial charge in [0.05, 0.1) is 6.61 Å². The van der Waals surface area contributed by atoms with E-state index in [-0.39, 0.29) is 5.41 Å². The van der Waals surface area contributed by atoms with Crippen LogP contribution in [0.3, 0.4) is 0 Å². The Labute approximate surface area is 128 Å². The number of hydrogen-bond donors (Lipinski definition) is 0. The standard InChI is InChI=1S/C19H39O/c1-5-6-7-8-9-10-11-12-13-14-15-16-17-20-18-19(2,3)4/h2,5-18H2,1,3-4H3. The van der Waals surface area contributed by atoms with E-state index in [1.165, 1.54) is 77.0 Å². The molecule has 0 fully saturated rings. The fraction of sp³-hybridized carbons (Fsp3) is 0.947. The Hall–Kier alpha value is -0.0400. The van der Waals surface area contributed by atoms with Crippen LogP contribution in [-0.4, -0.2) is 13.2 Å². The van der Waals surface area contributed by atoms with Crippen molar-refractivity contribution in [2.75, 3.05) is 13.2 Å². The van der Waals surface area contributed by atoms with E-state index in [4.69, 9.17) is 4.74 Å². The van der Waals surface area contributed by atoms with Crippen LogP contribution in [0.4, 0.5) is 0 Å². The summed E-state index contributed by atoms with van der Waals surface area (Å²) in [5.74, 6) is 0. The maximum Gasteiger partial charge on any atom is 0.0517 e. The van der Waals surface area contributed by atoms with Gasteiger partial charge in [-0.3, -0.25) is 0 Å². The molecule has 0 aliphatic heterocycles. The highest BCUT2D eigenvalue weighted by Crippen LogP contribution is 2.14. The van der Waals surface area contributed by atoms with Crippen LogP contribution in [0.15, 0.2) is 0 Å². The Balaban J connectivity index is 2.99. The summed E-state index contributed by atoms with van der Waals surface area (Å²) >= 11 is 0. The highest BCUT2D eigenvalue weighted by Gasteiger charge is 2.09. The SMILES string of the molecule is [CH2]C(C)(C)COCCCCCCCCCCCCCC. The summed E-state index contributed by atoms with van der Waals surface area (Å²) in [4.78, 5) is 0. The molecule has 0 amide bonds. The van der Waals surface area contributed by atoms with Crippen LogP contribution in [-0.2, 0) is 4.74 Å². The Morgan fingerprint density at radius 3 is 1.50 bits per heavy atom. The molecule has 0 spiro atoms. The molecular formula is C19H39O. The molecule has 0 heterocycles. The minimum atomic E-state index is 0.0666. The quantitative estimate of drug-likeness (QED) is 0.309. The molecule has 121 valence electrons. The van der Waals surface area contributed by atoms with Crippen molar-refractivity contribution in [1.29, 1.82) is 0 Å². The van der Waals surface area contributed by atoms with Gasteiger partial charge in [0.15, 0.2) is 0 Å². The van der Waals surface area contributed by atoms with Crippen LogP contribution >= 0.6 is 0 Å². The first-order chi connectivity index (χ1) is 9.56. The van der Waals surface area contributed by atoms with Gasteiger partial charge < -0.3 is 4.74 Å². The van der Waals surface area contributed by atoms with E-state index in [1.54, 1.807) is 0 Å². The van der Waals surface area contributed by atoms with Crippen molar-refractivity contribution in [2.24, 2.45) is 5.41 Å². The molecule has 0 atom stereocenters. The summed E-state index contributed by atoms with van der Waals surface area (Å²) in [7, 11) is 0. The van der Waals surface area contributed by atoms with E-state index in [9.17, 15) is 0 Å². The highest BCUT2D eigenvalue weighted by atomic mass is 16.5. The van der Waals surface area contributed by atoms with E-state index >= 15 is 0 Å². The minimum Gasteiger partial charge on any atom is -0.381 e. The topological polar surface area (TPSA) is 9.23 Å². The lowest BCUT2D eigenvalue weighted by atomic mass is 9.99. The lowest BCUT2D eigenvalue weighted by Gasteiger charge is -2.17. The van der Waals surface area contributed by atoms with Gasteiger partial charge in [0.25, 0.3) is 0 Å². The average Bonchev–Trinajstić information content (AvgIpc) is 2.38. The predicted octanol–water partition coefficient (Wildman–Crippen LogP) is 6.56. The zero-order chi connectivity index (χ0) is 15.1. The molecule has 0 aliphatic rings. The molecule has 0 saturated carbocycles. The Morgan fingerprint density at radius 1 is 0.700 bits per heavy atom. The van der Waals surface area contributed by atoms with Crippen molar-refractivity contribution in [3.8, 4) is 0 Å². The zero-order valence-corrected chi connectivity index (χ0v) is 14.5. The largest absolute Gasteiger partial charge is 0.381 e. The fourth-order valence-electron chi connectivity index (χ4n) is 2.39. The van der Waals surface area contributed by atoms with E-state index in [2.05, 4.69) is 27.7 Å². The van der Waals surface area contributed by atoms with E-state index in [0.717, 1.165) is 13.2 Å². The van der Waals surface area contributed by atoms with E-state index in [0.29, 0.717) is 0 Å². The molecular weight excluding hydrogens is 244 g/mol. The molecule has 0 N–H and O–H groups in total. The van der Waals surface area contributed by atoms with Gasteiger partial charge in [-0.25, -0.2) is 0 Å². The Kier molecular flexibility index (Phi) is 13.9. The molecule has 0 unspecified atom stereocenters. The molecule has 0 bridgehead atoms. The number of rotatable bonds is 15. The molecule has 0 rings (SSSR count). The van der Waals surface area contributed by atoms with Crippen molar-refractivity contribution < 1.29 is 4.74 Å². The Morgan fingerprint density at radius 2 is 1.10 bits per heavy atom. The van der Waals surface area contributed by atoms with Gasteiger partial charge in [-0.15, -0.1) is 0 Å². The predicted molar refractivity (Wildman–Crippen MR) is 91.0 cm³/mol. The fourth-order valence-corrected chi connectivity index (χ4v) is 2.39.